The van der Waals surface area contributed by atoms with E-state index in [0.717, 1.165) is 33.6 Å². The normalized spacial score (nSPS) is 18.0. The van der Waals surface area contributed by atoms with Crippen molar-refractivity contribution in [1.29, 1.82) is 0 Å². The molecule has 0 radical (unpaired) electrons. The zero-order valence-corrected chi connectivity index (χ0v) is 25.1. The number of ether oxygens (including phenoxy) is 2. The van der Waals surface area contributed by atoms with Gasteiger partial charge in [0.25, 0.3) is 0 Å². The predicted molar refractivity (Wildman–Crippen MR) is 164 cm³/mol. The molecule has 1 aliphatic heterocycles. The third-order valence-corrected chi connectivity index (χ3v) is 8.47. The van der Waals surface area contributed by atoms with E-state index < -0.39 is 18.2 Å². The van der Waals surface area contributed by atoms with E-state index in [1.54, 1.807) is 41.5 Å². The summed E-state index contributed by atoms with van der Waals surface area (Å²) in [5.41, 5.74) is 5.45. The first-order chi connectivity index (χ1) is 21.3. The average molecular weight is 623 g/mol. The maximum absolute atomic E-state index is 12.2. The van der Waals surface area contributed by atoms with Crippen molar-refractivity contribution in [2.75, 3.05) is 5.75 Å². The van der Waals surface area contributed by atoms with Crippen molar-refractivity contribution in [3.63, 3.8) is 0 Å². The van der Waals surface area contributed by atoms with Gasteiger partial charge in [0.15, 0.2) is 6.29 Å². The fourth-order valence-corrected chi connectivity index (χ4v) is 5.71. The van der Waals surface area contributed by atoms with Gasteiger partial charge in [-0.15, -0.1) is 11.8 Å². The number of aliphatic hydroxyl groups excluding tert-OH is 1. The summed E-state index contributed by atoms with van der Waals surface area (Å²) in [6, 6.07) is 22.2. The SMILES string of the molecule is O=C(CCCCCC(=O)NCc1ccc(C2OC(CSc3ccc(C(=O)O)cc3)CC(c3ccc(CO)cc3)O2)cc1)NO. The van der Waals surface area contributed by atoms with Crippen LogP contribution >= 0.6 is 11.8 Å². The Balaban J connectivity index is 1.34. The van der Waals surface area contributed by atoms with Gasteiger partial charge in [-0.2, -0.15) is 0 Å². The molecule has 3 aromatic rings. The maximum atomic E-state index is 12.2. The number of unbranched alkanes of at least 4 members (excludes halogenated alkanes) is 2. The number of rotatable bonds is 15. The largest absolute Gasteiger partial charge is 0.478 e. The summed E-state index contributed by atoms with van der Waals surface area (Å²) in [6.07, 6.45) is 2.26. The number of amides is 2. The van der Waals surface area contributed by atoms with Crippen molar-refractivity contribution < 1.29 is 39.3 Å². The number of thioether (sulfide) groups is 1. The van der Waals surface area contributed by atoms with Crippen molar-refractivity contribution in [2.45, 2.75) is 75.1 Å². The second-order valence-electron chi connectivity index (χ2n) is 10.6. The minimum absolute atomic E-state index is 0.0320. The minimum atomic E-state index is -0.959. The number of hydrogen-bond acceptors (Lipinski definition) is 8. The standard InChI is InChI=1S/C33H38N2O8S/c36-20-23-8-10-24(11-9-23)29-18-27(21-44-28-16-14-25(15-17-28)32(39)40)42-33(43-29)26-12-6-22(7-13-26)19-34-30(37)4-2-1-3-5-31(38)35-41/h6-17,27,29,33,36,41H,1-5,18-21H2,(H,34,37)(H,35,38)(H,39,40). The van der Waals surface area contributed by atoms with Gasteiger partial charge >= 0.3 is 5.97 Å². The Morgan fingerprint density at radius 2 is 1.43 bits per heavy atom. The van der Waals surface area contributed by atoms with Crippen LogP contribution < -0.4 is 10.8 Å². The molecule has 0 aliphatic carbocycles. The van der Waals surface area contributed by atoms with Gasteiger partial charge in [0.1, 0.15) is 0 Å². The number of benzene rings is 3. The van der Waals surface area contributed by atoms with Crippen LogP contribution in [0, 0.1) is 0 Å². The molecule has 3 atom stereocenters. The summed E-state index contributed by atoms with van der Waals surface area (Å²) in [5.74, 6) is -0.795. The molecule has 11 heteroatoms. The van der Waals surface area contributed by atoms with Crippen molar-refractivity contribution in [3.8, 4) is 0 Å². The summed E-state index contributed by atoms with van der Waals surface area (Å²) >= 11 is 1.60. The molecule has 234 valence electrons. The van der Waals surface area contributed by atoms with Crippen LogP contribution in [0.4, 0.5) is 0 Å². The van der Waals surface area contributed by atoms with Gasteiger partial charge in [0.2, 0.25) is 11.8 Å². The lowest BCUT2D eigenvalue weighted by molar-refractivity contribution is -0.245. The molecule has 44 heavy (non-hydrogen) atoms. The summed E-state index contributed by atoms with van der Waals surface area (Å²) in [5, 5.41) is 30.0. The van der Waals surface area contributed by atoms with Crippen LogP contribution in [0.1, 0.15) is 83.5 Å². The number of hydroxylamine groups is 1. The number of nitrogens with one attached hydrogen (secondary N) is 2. The number of aliphatic hydroxyl groups is 1. The highest BCUT2D eigenvalue weighted by Crippen LogP contribution is 2.39. The zero-order valence-electron chi connectivity index (χ0n) is 24.3. The van der Waals surface area contributed by atoms with Crippen LogP contribution in [0.2, 0.25) is 0 Å². The lowest BCUT2D eigenvalue weighted by Gasteiger charge is -2.36. The number of aromatic carboxylic acids is 1. The van der Waals surface area contributed by atoms with Gasteiger partial charge in [-0.05, 0) is 53.8 Å². The van der Waals surface area contributed by atoms with E-state index in [1.807, 2.05) is 48.5 Å². The second-order valence-corrected chi connectivity index (χ2v) is 11.7. The van der Waals surface area contributed by atoms with E-state index in [-0.39, 0.29) is 36.7 Å². The van der Waals surface area contributed by atoms with Gasteiger partial charge < -0.3 is 25.0 Å². The Morgan fingerprint density at radius 1 is 0.795 bits per heavy atom. The van der Waals surface area contributed by atoms with Gasteiger partial charge in [-0.25, -0.2) is 10.3 Å². The first-order valence-electron chi connectivity index (χ1n) is 14.6. The zero-order chi connectivity index (χ0) is 31.3. The highest BCUT2D eigenvalue weighted by molar-refractivity contribution is 7.99. The predicted octanol–water partition coefficient (Wildman–Crippen LogP) is 5.29. The molecule has 0 spiro atoms. The van der Waals surface area contributed by atoms with Gasteiger partial charge in [0, 0.05) is 42.0 Å². The quantitative estimate of drug-likeness (QED) is 0.0659. The molecule has 0 saturated carbocycles. The molecule has 1 saturated heterocycles. The smallest absolute Gasteiger partial charge is 0.335 e. The number of carbonyl (C=O) groups is 3. The van der Waals surface area contributed by atoms with Crippen molar-refractivity contribution in [2.24, 2.45) is 0 Å². The molecule has 2 amide bonds. The summed E-state index contributed by atoms with van der Waals surface area (Å²) in [6.45, 7) is 0.355. The molecule has 0 bridgehead atoms. The van der Waals surface area contributed by atoms with Crippen LogP contribution in [0.25, 0.3) is 0 Å². The van der Waals surface area contributed by atoms with Crippen LogP contribution in [0.5, 0.6) is 0 Å². The molecular formula is C33H38N2O8S. The first kappa shape index (κ1) is 33.2. The molecule has 0 aromatic heterocycles. The van der Waals surface area contributed by atoms with E-state index in [2.05, 4.69) is 5.32 Å². The van der Waals surface area contributed by atoms with Crippen molar-refractivity contribution in [1.82, 2.24) is 10.8 Å². The Hall–Kier alpha value is -3.74. The van der Waals surface area contributed by atoms with Gasteiger partial charge in [0.05, 0.1) is 24.4 Å². The number of carboxylic acid groups (broad SMARTS) is 1. The van der Waals surface area contributed by atoms with Crippen LogP contribution in [-0.2, 0) is 32.2 Å². The molecule has 1 heterocycles. The molecule has 3 aromatic carbocycles. The molecule has 4 rings (SSSR count). The molecule has 10 nitrogen and oxygen atoms in total. The Kier molecular flexibility index (Phi) is 12.8. The van der Waals surface area contributed by atoms with E-state index in [1.165, 1.54) is 0 Å². The highest BCUT2D eigenvalue weighted by Gasteiger charge is 2.32. The minimum Gasteiger partial charge on any atom is -0.478 e. The van der Waals surface area contributed by atoms with Gasteiger partial charge in [-0.3, -0.25) is 14.8 Å². The van der Waals surface area contributed by atoms with E-state index >= 15 is 0 Å². The van der Waals surface area contributed by atoms with Crippen LogP contribution in [-0.4, -0.2) is 45.1 Å². The summed E-state index contributed by atoms with van der Waals surface area (Å²) in [7, 11) is 0. The third-order valence-electron chi connectivity index (χ3n) is 7.33. The molecular weight excluding hydrogens is 584 g/mol. The fourth-order valence-electron chi connectivity index (χ4n) is 4.79. The average Bonchev–Trinajstić information content (AvgIpc) is 3.06. The topological polar surface area (TPSA) is 154 Å². The third kappa shape index (κ3) is 10.2. The van der Waals surface area contributed by atoms with E-state index in [4.69, 9.17) is 19.8 Å². The number of carbonyl (C=O) groups excluding carboxylic acids is 2. The number of carboxylic acids is 1. The van der Waals surface area contributed by atoms with Crippen LogP contribution in [0.15, 0.2) is 77.7 Å². The first-order valence-corrected chi connectivity index (χ1v) is 15.6. The van der Waals surface area contributed by atoms with Gasteiger partial charge in [-0.1, -0.05) is 55.0 Å². The van der Waals surface area contributed by atoms with Crippen LogP contribution in [0.3, 0.4) is 0 Å². The maximum Gasteiger partial charge on any atom is 0.335 e. The monoisotopic (exact) mass is 622 g/mol. The Bertz CT molecular complexity index is 1370. The Morgan fingerprint density at radius 3 is 2.07 bits per heavy atom. The second kappa shape index (κ2) is 16.9. The molecule has 1 fully saturated rings. The lowest BCUT2D eigenvalue weighted by atomic mass is 10.0. The fraction of sp³-hybridized carbons (Fsp3) is 0.364. The number of hydrogen-bond donors (Lipinski definition) is 5. The van der Waals surface area contributed by atoms with E-state index in [0.29, 0.717) is 38.0 Å². The van der Waals surface area contributed by atoms with Crippen molar-refractivity contribution in [3.05, 3.63) is 101 Å². The Labute approximate surface area is 260 Å². The lowest BCUT2D eigenvalue weighted by Crippen LogP contribution is -2.31. The van der Waals surface area contributed by atoms with Crippen molar-refractivity contribution >= 4 is 29.5 Å². The molecule has 5 N–H and O–H groups in total. The summed E-state index contributed by atoms with van der Waals surface area (Å²) in [4.78, 5) is 35.4. The molecule has 3 unspecified atom stereocenters. The molecule has 1 aliphatic rings. The highest BCUT2D eigenvalue weighted by atomic mass is 32.2. The van der Waals surface area contributed by atoms with E-state index in [9.17, 15) is 19.5 Å². The summed E-state index contributed by atoms with van der Waals surface area (Å²) < 4.78 is 12.8.